The van der Waals surface area contributed by atoms with E-state index in [1.807, 2.05) is 47.2 Å². The van der Waals surface area contributed by atoms with Crippen LogP contribution in [0.2, 0.25) is 0 Å². The molecule has 0 aliphatic carbocycles. The number of carboxylic acids is 1. The van der Waals surface area contributed by atoms with Gasteiger partial charge in [-0.05, 0) is 58.7 Å². The number of pyridine rings is 1. The van der Waals surface area contributed by atoms with E-state index in [4.69, 9.17) is 15.6 Å². The number of aliphatic carboxylic acids is 1. The molecular formula is C26H25F6N3O5S2. The van der Waals surface area contributed by atoms with E-state index in [1.165, 1.54) is 16.2 Å². The molecule has 16 heteroatoms. The Morgan fingerprint density at radius 1 is 1.02 bits per heavy atom. The van der Waals surface area contributed by atoms with Crippen molar-refractivity contribution in [2.75, 3.05) is 11.5 Å². The molecule has 1 atom stereocenters. The summed E-state index contributed by atoms with van der Waals surface area (Å²) in [5.41, 5.74) is 7.98. The molecule has 0 fully saturated rings. The van der Waals surface area contributed by atoms with E-state index < -0.39 is 41.8 Å². The van der Waals surface area contributed by atoms with Gasteiger partial charge in [-0.1, -0.05) is 18.2 Å². The van der Waals surface area contributed by atoms with Gasteiger partial charge in [-0.25, -0.2) is 4.79 Å². The Balaban J connectivity index is 0.000000782. The third-order valence-electron chi connectivity index (χ3n) is 5.52. The van der Waals surface area contributed by atoms with Crippen LogP contribution in [-0.2, 0) is 32.1 Å². The van der Waals surface area contributed by atoms with Crippen LogP contribution in [0.15, 0.2) is 53.4 Å². The monoisotopic (exact) mass is 637 g/mol. The number of nitrogens with two attached hydrogens (primary N) is 1. The van der Waals surface area contributed by atoms with Crippen LogP contribution in [0.5, 0.6) is 0 Å². The number of nitrogens with zero attached hydrogens (tertiary/aromatic N) is 2. The lowest BCUT2D eigenvalue weighted by atomic mass is 10.1. The Bertz CT molecular complexity index is 1370. The number of hydrogen-bond acceptors (Lipinski definition) is 7. The van der Waals surface area contributed by atoms with E-state index in [-0.39, 0.29) is 31.0 Å². The molecule has 0 radical (unpaired) electrons. The van der Waals surface area contributed by atoms with Crippen molar-refractivity contribution in [2.45, 2.75) is 44.2 Å². The average molecular weight is 638 g/mol. The first kappa shape index (κ1) is 34.5. The fraction of sp³-hybridized carbons (Fsp3) is 0.346. The SMILES string of the molecule is NC(=O)[C@H](CCCSCC(=O)C(F)(F)F)N(Cc1cnc2ccccc2c1)C(=O)Cc1ccsc1.O=C(O)C(F)(F)F. The number of carboxylic acid groups (broad SMARTS) is 1. The molecule has 0 saturated heterocycles. The van der Waals surface area contributed by atoms with Crippen molar-refractivity contribution in [1.29, 1.82) is 0 Å². The fourth-order valence-electron chi connectivity index (χ4n) is 3.52. The molecule has 3 rings (SSSR count). The van der Waals surface area contributed by atoms with Crippen LogP contribution >= 0.6 is 23.1 Å². The van der Waals surface area contributed by atoms with Crippen molar-refractivity contribution >= 4 is 57.6 Å². The molecular weight excluding hydrogens is 612 g/mol. The smallest absolute Gasteiger partial charge is 0.475 e. The number of primary amides is 1. The lowest BCUT2D eigenvalue weighted by Crippen LogP contribution is -2.48. The zero-order chi connectivity index (χ0) is 31.5. The van der Waals surface area contributed by atoms with E-state index in [0.717, 1.165) is 33.8 Å². The van der Waals surface area contributed by atoms with Crippen molar-refractivity contribution in [3.05, 3.63) is 64.5 Å². The average Bonchev–Trinajstić information content (AvgIpc) is 3.41. The topological polar surface area (TPSA) is 131 Å². The highest BCUT2D eigenvalue weighted by atomic mass is 32.2. The normalized spacial score (nSPS) is 12.2. The van der Waals surface area contributed by atoms with Crippen molar-refractivity contribution in [3.8, 4) is 0 Å². The largest absolute Gasteiger partial charge is 0.490 e. The molecule has 0 aliphatic rings. The van der Waals surface area contributed by atoms with Gasteiger partial charge in [0.25, 0.3) is 0 Å². The standard InChI is InChI=1S/C24H24F3N3O3S2.C2HF3O2/c25-24(26,27)21(31)15-34-8-3-6-20(23(28)33)30(22(32)11-16-7-9-35-14-16)13-17-10-18-4-1-2-5-19(18)29-12-17;3-2(4,5)1(6)7/h1-2,4-5,7,9-10,12,14,20H,3,6,8,11,13,15H2,(H2,28,33);(H,6,7)/t20-;/m0./s1. The van der Waals surface area contributed by atoms with Crippen molar-refractivity contribution in [1.82, 2.24) is 9.88 Å². The Morgan fingerprint density at radius 3 is 2.26 bits per heavy atom. The van der Waals surface area contributed by atoms with E-state index in [0.29, 0.717) is 6.42 Å². The summed E-state index contributed by atoms with van der Waals surface area (Å²) >= 11 is 2.29. The summed E-state index contributed by atoms with van der Waals surface area (Å²) in [6.45, 7) is 0.105. The molecule has 0 aliphatic heterocycles. The van der Waals surface area contributed by atoms with E-state index in [1.54, 1.807) is 6.20 Å². The number of benzene rings is 1. The number of carbonyl (C=O) groups excluding carboxylic acids is 3. The number of alkyl halides is 6. The second-order valence-corrected chi connectivity index (χ2v) is 10.6. The predicted molar refractivity (Wildman–Crippen MR) is 145 cm³/mol. The molecule has 42 heavy (non-hydrogen) atoms. The maximum absolute atomic E-state index is 13.2. The van der Waals surface area contributed by atoms with Gasteiger partial charge < -0.3 is 15.7 Å². The highest BCUT2D eigenvalue weighted by Gasteiger charge is 2.38. The van der Waals surface area contributed by atoms with Crippen LogP contribution in [0.1, 0.15) is 24.0 Å². The number of thiophene rings is 1. The molecule has 0 bridgehead atoms. The molecule has 8 nitrogen and oxygen atoms in total. The second kappa shape index (κ2) is 15.5. The zero-order valence-electron chi connectivity index (χ0n) is 21.7. The Morgan fingerprint density at radius 2 is 1.69 bits per heavy atom. The van der Waals surface area contributed by atoms with Crippen molar-refractivity contribution in [2.24, 2.45) is 5.73 Å². The highest BCUT2D eigenvalue weighted by Crippen LogP contribution is 2.22. The van der Waals surface area contributed by atoms with Gasteiger partial charge in [0.1, 0.15) is 6.04 Å². The number of fused-ring (bicyclic) bond motifs is 1. The molecule has 3 N–H and O–H groups in total. The quantitative estimate of drug-likeness (QED) is 0.211. The predicted octanol–water partition coefficient (Wildman–Crippen LogP) is 5.00. The first-order chi connectivity index (χ1) is 19.6. The van der Waals surface area contributed by atoms with Gasteiger partial charge in [-0.15, -0.1) is 0 Å². The van der Waals surface area contributed by atoms with Gasteiger partial charge in [-0.2, -0.15) is 49.4 Å². The molecule has 3 aromatic rings. The summed E-state index contributed by atoms with van der Waals surface area (Å²) in [6.07, 6.45) is -7.74. The van der Waals surface area contributed by atoms with E-state index in [9.17, 15) is 40.7 Å². The van der Waals surface area contributed by atoms with Crippen LogP contribution in [0.3, 0.4) is 0 Å². The number of hydrogen-bond donors (Lipinski definition) is 2. The summed E-state index contributed by atoms with van der Waals surface area (Å²) in [5.74, 6) is -6.02. The van der Waals surface area contributed by atoms with Gasteiger partial charge in [0.15, 0.2) is 0 Å². The third kappa shape index (κ3) is 11.3. The number of rotatable bonds is 12. The zero-order valence-corrected chi connectivity index (χ0v) is 23.3. The Kier molecular flexibility index (Phi) is 12.8. The first-order valence-corrected chi connectivity index (χ1v) is 14.1. The molecule has 2 heterocycles. The number of amides is 2. The van der Waals surface area contributed by atoms with Gasteiger partial charge in [0.2, 0.25) is 17.6 Å². The lowest BCUT2D eigenvalue weighted by molar-refractivity contribution is -0.192. The molecule has 1 aromatic carbocycles. The van der Waals surface area contributed by atoms with Crippen LogP contribution < -0.4 is 5.73 Å². The summed E-state index contributed by atoms with van der Waals surface area (Å²) in [6, 6.07) is 10.3. The molecule has 0 spiro atoms. The van der Waals surface area contributed by atoms with Crippen LogP contribution in [-0.4, -0.2) is 68.5 Å². The maximum Gasteiger partial charge on any atom is 0.490 e. The van der Waals surface area contributed by atoms with Crippen LogP contribution in [0.25, 0.3) is 10.9 Å². The third-order valence-corrected chi connectivity index (χ3v) is 7.29. The summed E-state index contributed by atoms with van der Waals surface area (Å²) < 4.78 is 68.9. The first-order valence-electron chi connectivity index (χ1n) is 12.0. The minimum Gasteiger partial charge on any atom is -0.475 e. The Labute approximate surface area is 243 Å². The van der Waals surface area contributed by atoms with Crippen molar-refractivity contribution < 1.29 is 50.6 Å². The van der Waals surface area contributed by atoms with E-state index in [2.05, 4.69) is 4.98 Å². The summed E-state index contributed by atoms with van der Waals surface area (Å²) in [5, 5.41) is 11.7. The van der Waals surface area contributed by atoms with Gasteiger partial charge in [-0.3, -0.25) is 19.4 Å². The van der Waals surface area contributed by atoms with Gasteiger partial charge in [0, 0.05) is 18.1 Å². The summed E-state index contributed by atoms with van der Waals surface area (Å²) in [4.78, 5) is 51.4. The van der Waals surface area contributed by atoms with Crippen molar-refractivity contribution in [3.63, 3.8) is 0 Å². The number of halogens is 6. The molecule has 0 saturated carbocycles. The van der Waals surface area contributed by atoms with Gasteiger partial charge >= 0.3 is 18.3 Å². The van der Waals surface area contributed by atoms with Crippen LogP contribution in [0, 0.1) is 0 Å². The molecule has 2 aromatic heterocycles. The van der Waals surface area contributed by atoms with Gasteiger partial charge in [0.05, 0.1) is 17.7 Å². The number of para-hydroxylation sites is 1. The van der Waals surface area contributed by atoms with E-state index >= 15 is 0 Å². The Hall–Kier alpha value is -3.66. The second-order valence-electron chi connectivity index (χ2n) is 8.70. The van der Waals surface area contributed by atoms with Crippen LogP contribution in [0.4, 0.5) is 26.3 Å². The number of ketones is 1. The number of aromatic nitrogens is 1. The minimum atomic E-state index is -5.08. The summed E-state index contributed by atoms with van der Waals surface area (Å²) in [7, 11) is 0. The number of carbonyl (C=O) groups is 4. The minimum absolute atomic E-state index is 0.0864. The highest BCUT2D eigenvalue weighted by molar-refractivity contribution is 7.99. The number of thioether (sulfide) groups is 1. The maximum atomic E-state index is 13.2. The molecule has 2 amide bonds. The fourth-order valence-corrected chi connectivity index (χ4v) is 5.05. The lowest BCUT2D eigenvalue weighted by Gasteiger charge is -2.30. The molecule has 0 unspecified atom stereocenters. The number of Topliss-reactive ketones (excluding diaryl/α,β-unsaturated/α-hetero) is 1. The molecule has 228 valence electrons.